The fraction of sp³-hybridized carbons (Fsp3) is 0.462. The van der Waals surface area contributed by atoms with E-state index in [0.717, 1.165) is 0 Å². The van der Waals surface area contributed by atoms with Crippen molar-refractivity contribution >= 4 is 17.3 Å². The third kappa shape index (κ3) is 3.92. The smallest absolute Gasteiger partial charge is 0.270 e. The number of nitrogens with zero attached hydrogens (tertiary/aromatic N) is 2. The molecule has 0 heterocycles. The van der Waals surface area contributed by atoms with E-state index in [1.165, 1.54) is 23.1 Å². The molecular weight excluding hydrogens is 262 g/mol. The van der Waals surface area contributed by atoms with Crippen LogP contribution in [-0.2, 0) is 0 Å². The van der Waals surface area contributed by atoms with Gasteiger partial charge in [-0.1, -0.05) is 0 Å². The molecule has 0 saturated heterocycles. The Morgan fingerprint density at radius 1 is 1.50 bits per heavy atom. The van der Waals surface area contributed by atoms with Gasteiger partial charge in [-0.3, -0.25) is 14.9 Å². The maximum absolute atomic E-state index is 12.3. The predicted molar refractivity (Wildman–Crippen MR) is 75.9 cm³/mol. The number of rotatable bonds is 5. The zero-order valence-corrected chi connectivity index (χ0v) is 12.0. The molecular formula is C13H19N3O4. The number of carbonyl (C=O) groups is 1. The molecule has 1 aromatic rings. The van der Waals surface area contributed by atoms with Gasteiger partial charge in [-0.2, -0.15) is 0 Å². The van der Waals surface area contributed by atoms with Gasteiger partial charge in [0.05, 0.1) is 16.1 Å². The summed E-state index contributed by atoms with van der Waals surface area (Å²) in [5.41, 5.74) is -0.481. The van der Waals surface area contributed by atoms with E-state index in [1.54, 1.807) is 27.9 Å². The minimum atomic E-state index is -1.04. The second kappa shape index (κ2) is 5.87. The van der Waals surface area contributed by atoms with Gasteiger partial charge in [-0.25, -0.2) is 0 Å². The Kier molecular flexibility index (Phi) is 4.67. The zero-order valence-electron chi connectivity index (χ0n) is 12.0. The Labute approximate surface area is 117 Å². The Hall–Kier alpha value is -2.15. The number of amides is 1. The van der Waals surface area contributed by atoms with E-state index in [2.05, 4.69) is 5.32 Å². The molecule has 0 bridgehead atoms. The molecule has 0 radical (unpaired) electrons. The summed E-state index contributed by atoms with van der Waals surface area (Å²) in [6.45, 7) is 3.30. The average Bonchev–Trinajstić information content (AvgIpc) is 2.34. The van der Waals surface area contributed by atoms with Gasteiger partial charge in [0, 0.05) is 38.5 Å². The van der Waals surface area contributed by atoms with Crippen molar-refractivity contribution in [3.05, 3.63) is 33.9 Å². The molecule has 7 nitrogen and oxygen atoms in total. The molecule has 0 aliphatic carbocycles. The topological polar surface area (TPSA) is 95.7 Å². The van der Waals surface area contributed by atoms with Gasteiger partial charge in [0.15, 0.2) is 0 Å². The number of hydrogen-bond donors (Lipinski definition) is 2. The fourth-order valence-corrected chi connectivity index (χ4v) is 1.90. The van der Waals surface area contributed by atoms with Crippen LogP contribution in [0.5, 0.6) is 0 Å². The van der Waals surface area contributed by atoms with Crippen molar-refractivity contribution in [3.8, 4) is 0 Å². The van der Waals surface area contributed by atoms with Crippen LogP contribution in [0, 0.1) is 10.1 Å². The maximum Gasteiger partial charge on any atom is 0.270 e. The lowest BCUT2D eigenvalue weighted by atomic mass is 10.1. The third-order valence-electron chi connectivity index (χ3n) is 2.68. The van der Waals surface area contributed by atoms with E-state index in [4.69, 9.17) is 0 Å². The molecule has 1 aromatic carbocycles. The number of benzene rings is 1. The first-order valence-electron chi connectivity index (χ1n) is 6.10. The first-order valence-corrected chi connectivity index (χ1v) is 6.10. The minimum Gasteiger partial charge on any atom is -0.389 e. The van der Waals surface area contributed by atoms with E-state index in [-0.39, 0.29) is 23.7 Å². The summed E-state index contributed by atoms with van der Waals surface area (Å²) in [5, 5.41) is 23.4. The third-order valence-corrected chi connectivity index (χ3v) is 2.68. The number of non-ortho nitro benzene ring substituents is 1. The molecule has 0 aliphatic heterocycles. The van der Waals surface area contributed by atoms with Gasteiger partial charge < -0.3 is 15.3 Å². The number of hydrogen-bond acceptors (Lipinski definition) is 5. The molecule has 0 aromatic heterocycles. The molecule has 2 N–H and O–H groups in total. The van der Waals surface area contributed by atoms with E-state index in [1.807, 2.05) is 0 Å². The van der Waals surface area contributed by atoms with E-state index >= 15 is 0 Å². The van der Waals surface area contributed by atoms with Crippen molar-refractivity contribution in [1.29, 1.82) is 0 Å². The van der Waals surface area contributed by atoms with Crippen molar-refractivity contribution in [2.45, 2.75) is 19.4 Å². The largest absolute Gasteiger partial charge is 0.389 e. The highest BCUT2D eigenvalue weighted by atomic mass is 16.6. The predicted octanol–water partition coefficient (Wildman–Crippen LogP) is 1.48. The molecule has 20 heavy (non-hydrogen) atoms. The highest BCUT2D eigenvalue weighted by Gasteiger charge is 2.23. The van der Waals surface area contributed by atoms with Crippen molar-refractivity contribution in [2.75, 3.05) is 26.0 Å². The molecule has 0 spiro atoms. The summed E-state index contributed by atoms with van der Waals surface area (Å²) >= 11 is 0. The zero-order chi connectivity index (χ0) is 15.5. The lowest BCUT2D eigenvalue weighted by Crippen LogP contribution is -2.39. The van der Waals surface area contributed by atoms with E-state index in [0.29, 0.717) is 5.69 Å². The molecule has 0 atom stereocenters. The molecule has 1 amide bonds. The van der Waals surface area contributed by atoms with Gasteiger partial charge in [-0.05, 0) is 19.9 Å². The first kappa shape index (κ1) is 15.9. The average molecular weight is 281 g/mol. The number of carbonyl (C=O) groups excluding carboxylic acids is 1. The van der Waals surface area contributed by atoms with Crippen LogP contribution in [0.25, 0.3) is 0 Å². The van der Waals surface area contributed by atoms with Crippen molar-refractivity contribution in [3.63, 3.8) is 0 Å². The highest BCUT2D eigenvalue weighted by Crippen LogP contribution is 2.23. The van der Waals surface area contributed by atoms with Gasteiger partial charge in [0.25, 0.3) is 11.6 Å². The number of nitro benzene ring substituents is 1. The maximum atomic E-state index is 12.3. The standard InChI is InChI=1S/C13H19N3O4/c1-13(2,18)8-15(4)12(17)10-7-9(16(19)20)5-6-11(10)14-3/h5-7,14,18H,8H2,1-4H3. The first-order chi connectivity index (χ1) is 9.15. The molecule has 7 heteroatoms. The second-order valence-electron chi connectivity index (χ2n) is 5.21. The Morgan fingerprint density at radius 2 is 2.10 bits per heavy atom. The Balaban J connectivity index is 3.13. The Morgan fingerprint density at radius 3 is 2.55 bits per heavy atom. The lowest BCUT2D eigenvalue weighted by Gasteiger charge is -2.26. The van der Waals surface area contributed by atoms with Crippen LogP contribution in [0.15, 0.2) is 18.2 Å². The van der Waals surface area contributed by atoms with Gasteiger partial charge >= 0.3 is 0 Å². The SMILES string of the molecule is CNc1ccc([N+](=O)[O-])cc1C(=O)N(C)CC(C)(C)O. The fourth-order valence-electron chi connectivity index (χ4n) is 1.90. The number of likely N-dealkylation sites (N-methyl/N-ethyl adjacent to an activating group) is 1. The summed E-state index contributed by atoms with van der Waals surface area (Å²) in [4.78, 5) is 23.9. The quantitative estimate of drug-likeness (QED) is 0.629. The second-order valence-corrected chi connectivity index (χ2v) is 5.21. The van der Waals surface area contributed by atoms with Crippen LogP contribution >= 0.6 is 0 Å². The summed E-state index contributed by atoms with van der Waals surface area (Å²) in [6, 6.07) is 4.05. The van der Waals surface area contributed by atoms with E-state index in [9.17, 15) is 20.0 Å². The molecule has 0 saturated carbocycles. The summed E-state index contributed by atoms with van der Waals surface area (Å²) in [5.74, 6) is -0.389. The van der Waals surface area contributed by atoms with Crippen LogP contribution in [-0.4, -0.2) is 47.1 Å². The van der Waals surface area contributed by atoms with Crippen LogP contribution in [0.1, 0.15) is 24.2 Å². The van der Waals surface area contributed by atoms with Gasteiger partial charge in [-0.15, -0.1) is 0 Å². The lowest BCUT2D eigenvalue weighted by molar-refractivity contribution is -0.384. The monoisotopic (exact) mass is 281 g/mol. The number of anilines is 1. The van der Waals surface area contributed by atoms with Gasteiger partial charge in [0.2, 0.25) is 0 Å². The van der Waals surface area contributed by atoms with Crippen LogP contribution < -0.4 is 5.32 Å². The summed E-state index contributed by atoms with van der Waals surface area (Å²) in [6.07, 6.45) is 0. The molecule has 0 unspecified atom stereocenters. The highest BCUT2D eigenvalue weighted by molar-refractivity contribution is 6.00. The molecule has 0 fully saturated rings. The normalized spacial score (nSPS) is 11.1. The molecule has 1 rings (SSSR count). The molecule has 0 aliphatic rings. The molecule has 110 valence electrons. The van der Waals surface area contributed by atoms with Gasteiger partial charge in [0.1, 0.15) is 0 Å². The summed E-state index contributed by atoms with van der Waals surface area (Å²) in [7, 11) is 3.17. The number of aliphatic hydroxyl groups is 1. The van der Waals surface area contributed by atoms with E-state index < -0.39 is 10.5 Å². The van der Waals surface area contributed by atoms with Crippen LogP contribution in [0.4, 0.5) is 11.4 Å². The van der Waals surface area contributed by atoms with Crippen LogP contribution in [0.3, 0.4) is 0 Å². The number of nitro groups is 1. The minimum absolute atomic E-state index is 0.123. The van der Waals surface area contributed by atoms with Crippen molar-refractivity contribution < 1.29 is 14.8 Å². The number of nitrogens with one attached hydrogen (secondary N) is 1. The van der Waals surface area contributed by atoms with Crippen molar-refractivity contribution in [1.82, 2.24) is 4.90 Å². The van der Waals surface area contributed by atoms with Crippen molar-refractivity contribution in [2.24, 2.45) is 0 Å². The Bertz CT molecular complexity index is 523. The summed E-state index contributed by atoms with van der Waals surface area (Å²) < 4.78 is 0. The van der Waals surface area contributed by atoms with Crippen LogP contribution in [0.2, 0.25) is 0 Å².